The van der Waals surface area contributed by atoms with Crippen LogP contribution in [0.25, 0.3) is 0 Å². The van der Waals surface area contributed by atoms with Crippen LogP contribution in [0.5, 0.6) is 0 Å². The van der Waals surface area contributed by atoms with Gasteiger partial charge in [0.2, 0.25) is 5.91 Å². The molecule has 4 rings (SSSR count). The second kappa shape index (κ2) is 9.93. The Morgan fingerprint density at radius 1 is 1.07 bits per heavy atom. The van der Waals surface area contributed by atoms with Crippen molar-refractivity contribution in [2.75, 3.05) is 32.8 Å². The van der Waals surface area contributed by atoms with Crippen molar-refractivity contribution in [3.05, 3.63) is 24.2 Å². The number of aryl methyl sites for hydroxylation is 1. The number of carbonyl (C=O) groups is 1. The van der Waals surface area contributed by atoms with E-state index >= 15 is 0 Å². The summed E-state index contributed by atoms with van der Waals surface area (Å²) >= 11 is 0. The van der Waals surface area contributed by atoms with Gasteiger partial charge in [-0.2, -0.15) is 0 Å². The summed E-state index contributed by atoms with van der Waals surface area (Å²) in [5, 5.41) is 0. The van der Waals surface area contributed by atoms with Gasteiger partial charge in [0.15, 0.2) is 0 Å². The maximum atomic E-state index is 13.0. The average Bonchev–Trinajstić information content (AvgIpc) is 3.50. The molecule has 1 saturated carbocycles. The third-order valence-corrected chi connectivity index (χ3v) is 6.93. The number of hydrogen-bond acceptors (Lipinski definition) is 4. The van der Waals surface area contributed by atoms with Crippen LogP contribution in [0, 0.1) is 5.92 Å². The van der Waals surface area contributed by atoms with Gasteiger partial charge >= 0.3 is 0 Å². The number of likely N-dealkylation sites (tertiary alicyclic amines) is 1. The standard InChI is InChI=1S/C23H36N2O3/c26-23(10-9-21-7-3-15-27-21)25(18-22-8-4-16-28-22)17-19-11-13-24(14-12-19)20-5-1-2-6-20/h3,7,15,19-20,22H,1-2,4-6,8-14,16-18H2/t22-/m0/s1. The first kappa shape index (κ1) is 20.0. The minimum Gasteiger partial charge on any atom is -0.469 e. The zero-order chi connectivity index (χ0) is 19.2. The second-order valence-electron chi connectivity index (χ2n) is 8.93. The summed E-state index contributed by atoms with van der Waals surface area (Å²) in [5.41, 5.74) is 0. The molecule has 0 bridgehead atoms. The number of amides is 1. The molecule has 5 heteroatoms. The number of hydrogen-bond donors (Lipinski definition) is 0. The van der Waals surface area contributed by atoms with Gasteiger partial charge in [-0.25, -0.2) is 0 Å². The second-order valence-corrected chi connectivity index (χ2v) is 8.93. The Balaban J connectivity index is 1.28. The van der Waals surface area contributed by atoms with Gasteiger partial charge in [0.1, 0.15) is 5.76 Å². The molecule has 5 nitrogen and oxygen atoms in total. The van der Waals surface area contributed by atoms with E-state index in [1.807, 2.05) is 12.1 Å². The lowest BCUT2D eigenvalue weighted by Crippen LogP contribution is -2.45. The molecule has 0 unspecified atom stereocenters. The highest BCUT2D eigenvalue weighted by Crippen LogP contribution is 2.28. The molecule has 1 amide bonds. The molecule has 2 aliphatic heterocycles. The molecule has 0 radical (unpaired) electrons. The Hall–Kier alpha value is -1.33. The Morgan fingerprint density at radius 3 is 2.57 bits per heavy atom. The summed E-state index contributed by atoms with van der Waals surface area (Å²) in [5.74, 6) is 1.78. The van der Waals surface area contributed by atoms with Crippen molar-refractivity contribution in [1.29, 1.82) is 0 Å². The minimum atomic E-state index is 0.228. The first-order valence-electron chi connectivity index (χ1n) is 11.4. The zero-order valence-corrected chi connectivity index (χ0v) is 17.2. The molecule has 0 N–H and O–H groups in total. The van der Waals surface area contributed by atoms with E-state index in [0.717, 1.165) is 44.3 Å². The summed E-state index contributed by atoms with van der Waals surface area (Å²) in [6.45, 7) is 4.93. The van der Waals surface area contributed by atoms with E-state index < -0.39 is 0 Å². The van der Waals surface area contributed by atoms with Crippen molar-refractivity contribution in [1.82, 2.24) is 9.80 Å². The molecular formula is C23H36N2O3. The van der Waals surface area contributed by atoms with E-state index in [-0.39, 0.29) is 12.0 Å². The minimum absolute atomic E-state index is 0.228. The number of piperidine rings is 1. The number of ether oxygens (including phenoxy) is 1. The van der Waals surface area contributed by atoms with Gasteiger partial charge < -0.3 is 19.0 Å². The summed E-state index contributed by atoms with van der Waals surface area (Å²) < 4.78 is 11.2. The Bertz CT molecular complexity index is 583. The molecule has 3 fully saturated rings. The van der Waals surface area contributed by atoms with Gasteiger partial charge in [-0.05, 0) is 69.7 Å². The highest BCUT2D eigenvalue weighted by Gasteiger charge is 2.30. The Labute approximate surface area is 169 Å². The first-order chi connectivity index (χ1) is 13.8. The summed E-state index contributed by atoms with van der Waals surface area (Å²) in [4.78, 5) is 17.8. The van der Waals surface area contributed by atoms with Gasteiger partial charge in [-0.3, -0.25) is 4.79 Å². The van der Waals surface area contributed by atoms with Crippen LogP contribution in [0.3, 0.4) is 0 Å². The van der Waals surface area contributed by atoms with E-state index in [0.29, 0.717) is 18.8 Å². The molecule has 0 aromatic carbocycles. The highest BCUT2D eigenvalue weighted by molar-refractivity contribution is 5.76. The number of furan rings is 1. The molecular weight excluding hydrogens is 352 g/mol. The van der Waals surface area contributed by atoms with Gasteiger partial charge in [0.25, 0.3) is 0 Å². The van der Waals surface area contributed by atoms with E-state index in [4.69, 9.17) is 9.15 Å². The summed E-state index contributed by atoms with van der Waals surface area (Å²) in [6, 6.07) is 4.68. The predicted octanol–water partition coefficient (Wildman–Crippen LogP) is 3.87. The van der Waals surface area contributed by atoms with Gasteiger partial charge in [-0.15, -0.1) is 0 Å². The zero-order valence-electron chi connectivity index (χ0n) is 17.2. The molecule has 2 saturated heterocycles. The molecule has 3 heterocycles. The quantitative estimate of drug-likeness (QED) is 0.678. The lowest BCUT2D eigenvalue weighted by Gasteiger charge is -2.38. The number of rotatable bonds is 8. The van der Waals surface area contributed by atoms with Crippen molar-refractivity contribution >= 4 is 5.91 Å². The molecule has 1 aliphatic carbocycles. The van der Waals surface area contributed by atoms with Crippen LogP contribution < -0.4 is 0 Å². The maximum absolute atomic E-state index is 13.0. The van der Waals surface area contributed by atoms with Crippen molar-refractivity contribution in [2.45, 2.75) is 76.4 Å². The van der Waals surface area contributed by atoms with E-state index in [2.05, 4.69) is 9.80 Å². The molecule has 3 aliphatic rings. The van der Waals surface area contributed by atoms with Crippen molar-refractivity contribution < 1.29 is 13.9 Å². The van der Waals surface area contributed by atoms with Crippen molar-refractivity contribution in [3.63, 3.8) is 0 Å². The van der Waals surface area contributed by atoms with E-state index in [9.17, 15) is 4.79 Å². The third-order valence-electron chi connectivity index (χ3n) is 6.93. The van der Waals surface area contributed by atoms with Crippen LogP contribution in [0.4, 0.5) is 0 Å². The maximum Gasteiger partial charge on any atom is 0.223 e. The molecule has 1 atom stereocenters. The van der Waals surface area contributed by atoms with Crippen LogP contribution in [0.1, 0.15) is 63.5 Å². The fourth-order valence-corrected chi connectivity index (χ4v) is 5.24. The number of carbonyl (C=O) groups excluding carboxylic acids is 1. The van der Waals surface area contributed by atoms with Crippen LogP contribution in [0.2, 0.25) is 0 Å². The lowest BCUT2D eigenvalue weighted by molar-refractivity contribution is -0.133. The van der Waals surface area contributed by atoms with Crippen LogP contribution in [0.15, 0.2) is 22.8 Å². The number of nitrogens with zero attached hydrogens (tertiary/aromatic N) is 2. The molecule has 28 heavy (non-hydrogen) atoms. The lowest BCUT2D eigenvalue weighted by atomic mass is 9.94. The Kier molecular flexibility index (Phi) is 7.08. The van der Waals surface area contributed by atoms with Crippen molar-refractivity contribution in [2.24, 2.45) is 5.92 Å². The fourth-order valence-electron chi connectivity index (χ4n) is 5.24. The topological polar surface area (TPSA) is 45.9 Å². The van der Waals surface area contributed by atoms with Crippen molar-refractivity contribution in [3.8, 4) is 0 Å². The summed E-state index contributed by atoms with van der Waals surface area (Å²) in [7, 11) is 0. The Morgan fingerprint density at radius 2 is 1.89 bits per heavy atom. The highest BCUT2D eigenvalue weighted by atomic mass is 16.5. The molecule has 1 aromatic heterocycles. The SMILES string of the molecule is O=C(CCc1ccco1)N(CC1CCN(C2CCCC2)CC1)C[C@@H]1CCCO1. The largest absolute Gasteiger partial charge is 0.469 e. The van der Waals surface area contributed by atoms with Crippen LogP contribution in [-0.4, -0.2) is 60.6 Å². The monoisotopic (exact) mass is 388 g/mol. The van der Waals surface area contributed by atoms with Crippen LogP contribution in [-0.2, 0) is 16.0 Å². The average molecular weight is 389 g/mol. The first-order valence-corrected chi connectivity index (χ1v) is 11.4. The molecule has 0 spiro atoms. The molecule has 1 aromatic rings. The van der Waals surface area contributed by atoms with Gasteiger partial charge in [-0.1, -0.05) is 12.8 Å². The molecule has 156 valence electrons. The predicted molar refractivity (Wildman–Crippen MR) is 109 cm³/mol. The normalized spacial score (nSPS) is 24.8. The van der Waals surface area contributed by atoms with Gasteiger partial charge in [0, 0.05) is 38.6 Å². The fraction of sp³-hybridized carbons (Fsp3) is 0.783. The smallest absolute Gasteiger partial charge is 0.223 e. The summed E-state index contributed by atoms with van der Waals surface area (Å²) in [6.07, 6.45) is 13.4. The third kappa shape index (κ3) is 5.38. The van der Waals surface area contributed by atoms with Gasteiger partial charge in [0.05, 0.1) is 12.4 Å². The van der Waals surface area contributed by atoms with E-state index in [1.165, 1.54) is 51.6 Å². The van der Waals surface area contributed by atoms with Crippen LogP contribution >= 0.6 is 0 Å². The van der Waals surface area contributed by atoms with E-state index in [1.54, 1.807) is 6.26 Å².